The number of ether oxygens (including phenoxy) is 1. The van der Waals surface area contributed by atoms with Crippen molar-refractivity contribution in [2.45, 2.75) is 30.4 Å². The van der Waals surface area contributed by atoms with Gasteiger partial charge in [0, 0.05) is 33.8 Å². The molecule has 5 heteroatoms. The molecule has 2 aromatic carbocycles. The Morgan fingerprint density at radius 2 is 1.89 bits per heavy atom. The number of hydrogen-bond donors (Lipinski definition) is 1. The maximum Gasteiger partial charge on any atom is 0.251 e. The van der Waals surface area contributed by atoms with Crippen molar-refractivity contribution < 1.29 is 9.53 Å². The lowest BCUT2D eigenvalue weighted by Crippen LogP contribution is -2.25. The van der Waals surface area contributed by atoms with Crippen LogP contribution in [0, 0.1) is 0 Å². The van der Waals surface area contributed by atoms with Gasteiger partial charge in [0.1, 0.15) is 11.3 Å². The second-order valence-electron chi connectivity index (χ2n) is 6.48. The molecule has 0 fully saturated rings. The Bertz CT molecular complexity index is 889. The average molecular weight is 381 g/mol. The maximum absolute atomic E-state index is 12.2. The van der Waals surface area contributed by atoms with E-state index >= 15 is 0 Å². The van der Waals surface area contributed by atoms with E-state index in [1.807, 2.05) is 54.6 Å². The largest absolute Gasteiger partial charge is 0.491 e. The van der Waals surface area contributed by atoms with Crippen molar-refractivity contribution in [2.75, 3.05) is 13.2 Å². The van der Waals surface area contributed by atoms with E-state index in [1.54, 1.807) is 18.0 Å². The van der Waals surface area contributed by atoms with Crippen LogP contribution in [0.1, 0.15) is 30.6 Å². The number of benzene rings is 2. The van der Waals surface area contributed by atoms with Crippen LogP contribution in [0.3, 0.4) is 0 Å². The Kier molecular flexibility index (Phi) is 6.71. The lowest BCUT2D eigenvalue weighted by atomic mass is 10.2. The van der Waals surface area contributed by atoms with Gasteiger partial charge in [-0.15, -0.1) is 11.8 Å². The predicted octanol–water partition coefficient (Wildman–Crippen LogP) is 4.93. The smallest absolute Gasteiger partial charge is 0.251 e. The van der Waals surface area contributed by atoms with E-state index in [2.05, 4.69) is 24.1 Å². The second-order valence-corrected chi connectivity index (χ2v) is 8.13. The summed E-state index contributed by atoms with van der Waals surface area (Å²) >= 11 is 1.79. The highest BCUT2D eigenvalue weighted by atomic mass is 32.2. The van der Waals surface area contributed by atoms with Crippen LogP contribution in [0.15, 0.2) is 65.7 Å². The molecule has 0 unspecified atom stereocenters. The molecule has 27 heavy (non-hydrogen) atoms. The van der Waals surface area contributed by atoms with Crippen LogP contribution in [-0.4, -0.2) is 29.3 Å². The zero-order valence-electron chi connectivity index (χ0n) is 15.6. The van der Waals surface area contributed by atoms with Gasteiger partial charge >= 0.3 is 0 Å². The molecule has 0 aliphatic carbocycles. The standard InChI is InChI=1S/C22H24N2O2S/c1-16(2)27-19-11-9-18(10-12-19)22(25)24-14-5-15-26-20-8-3-6-17-7-4-13-23-21(17)20/h3-4,6-13,16H,5,14-15H2,1-2H3,(H,24,25). The number of nitrogens with one attached hydrogen (secondary N) is 1. The molecular formula is C22H24N2O2S. The lowest BCUT2D eigenvalue weighted by Gasteiger charge is -2.10. The molecule has 0 saturated heterocycles. The van der Waals surface area contributed by atoms with Crippen LogP contribution in [0.2, 0.25) is 0 Å². The van der Waals surface area contributed by atoms with Crippen LogP contribution in [0.4, 0.5) is 0 Å². The molecule has 0 radical (unpaired) electrons. The number of aromatic nitrogens is 1. The summed E-state index contributed by atoms with van der Waals surface area (Å²) in [6.45, 7) is 5.41. The van der Waals surface area contributed by atoms with Crippen molar-refractivity contribution >= 4 is 28.6 Å². The number of rotatable bonds is 8. The highest BCUT2D eigenvalue weighted by Crippen LogP contribution is 2.23. The molecular weight excluding hydrogens is 356 g/mol. The summed E-state index contributed by atoms with van der Waals surface area (Å²) in [7, 11) is 0. The maximum atomic E-state index is 12.2. The first-order chi connectivity index (χ1) is 13.1. The molecule has 3 aromatic rings. The van der Waals surface area contributed by atoms with Gasteiger partial charge in [-0.3, -0.25) is 9.78 Å². The van der Waals surface area contributed by atoms with E-state index in [1.165, 1.54) is 4.90 Å². The first kappa shape index (κ1) is 19.2. The highest BCUT2D eigenvalue weighted by molar-refractivity contribution is 7.99. The zero-order valence-corrected chi connectivity index (χ0v) is 16.5. The molecule has 0 bridgehead atoms. The second kappa shape index (κ2) is 9.42. The summed E-state index contributed by atoms with van der Waals surface area (Å²) in [5.41, 5.74) is 1.55. The zero-order chi connectivity index (χ0) is 19.1. The number of carbonyl (C=O) groups is 1. The normalized spacial score (nSPS) is 10.9. The topological polar surface area (TPSA) is 51.2 Å². The van der Waals surface area contributed by atoms with E-state index in [9.17, 15) is 4.79 Å². The summed E-state index contributed by atoms with van der Waals surface area (Å²) in [5.74, 6) is 0.723. The molecule has 1 aromatic heterocycles. The number of amides is 1. The van der Waals surface area contributed by atoms with Crippen LogP contribution in [-0.2, 0) is 0 Å². The molecule has 3 rings (SSSR count). The van der Waals surface area contributed by atoms with E-state index in [0.717, 1.165) is 23.1 Å². The van der Waals surface area contributed by atoms with E-state index in [-0.39, 0.29) is 5.91 Å². The Hall–Kier alpha value is -2.53. The third-order valence-corrected chi connectivity index (χ3v) is 4.96. The van der Waals surface area contributed by atoms with Crippen molar-refractivity contribution in [1.82, 2.24) is 10.3 Å². The van der Waals surface area contributed by atoms with Gasteiger partial charge in [-0.25, -0.2) is 0 Å². The van der Waals surface area contributed by atoms with Crippen molar-refractivity contribution in [1.29, 1.82) is 0 Å². The third kappa shape index (κ3) is 5.47. The molecule has 1 amide bonds. The van der Waals surface area contributed by atoms with Crippen LogP contribution in [0.5, 0.6) is 5.75 Å². The molecule has 1 heterocycles. The van der Waals surface area contributed by atoms with Crippen LogP contribution in [0.25, 0.3) is 10.9 Å². The molecule has 1 N–H and O–H groups in total. The average Bonchev–Trinajstić information content (AvgIpc) is 2.68. The quantitative estimate of drug-likeness (QED) is 0.444. The fourth-order valence-electron chi connectivity index (χ4n) is 2.71. The summed E-state index contributed by atoms with van der Waals surface area (Å²) in [4.78, 5) is 17.8. The summed E-state index contributed by atoms with van der Waals surface area (Å²) in [6, 6.07) is 17.6. The molecule has 4 nitrogen and oxygen atoms in total. The predicted molar refractivity (Wildman–Crippen MR) is 112 cm³/mol. The highest BCUT2D eigenvalue weighted by Gasteiger charge is 2.06. The minimum Gasteiger partial charge on any atom is -0.491 e. The lowest BCUT2D eigenvalue weighted by molar-refractivity contribution is 0.0951. The number of hydrogen-bond acceptors (Lipinski definition) is 4. The van der Waals surface area contributed by atoms with Gasteiger partial charge in [0.25, 0.3) is 5.91 Å². The van der Waals surface area contributed by atoms with Gasteiger partial charge < -0.3 is 10.1 Å². The first-order valence-electron chi connectivity index (χ1n) is 9.15. The molecule has 140 valence electrons. The molecule has 0 aliphatic rings. The fourth-order valence-corrected chi connectivity index (χ4v) is 3.55. The Morgan fingerprint density at radius 1 is 1.11 bits per heavy atom. The molecule has 0 aliphatic heterocycles. The monoisotopic (exact) mass is 380 g/mol. The Morgan fingerprint density at radius 3 is 2.67 bits per heavy atom. The number of pyridine rings is 1. The van der Waals surface area contributed by atoms with Gasteiger partial charge in [-0.1, -0.05) is 32.0 Å². The van der Waals surface area contributed by atoms with Crippen molar-refractivity contribution in [3.63, 3.8) is 0 Å². The van der Waals surface area contributed by atoms with Gasteiger partial charge in [0.2, 0.25) is 0 Å². The number of fused-ring (bicyclic) bond motifs is 1. The Balaban J connectivity index is 1.44. The number of nitrogens with zero attached hydrogens (tertiary/aromatic N) is 1. The van der Waals surface area contributed by atoms with Crippen LogP contribution < -0.4 is 10.1 Å². The van der Waals surface area contributed by atoms with E-state index < -0.39 is 0 Å². The SMILES string of the molecule is CC(C)Sc1ccc(C(=O)NCCCOc2cccc3cccnc23)cc1. The molecule has 0 atom stereocenters. The van der Waals surface area contributed by atoms with Gasteiger partial charge in [0.15, 0.2) is 0 Å². The van der Waals surface area contributed by atoms with Crippen molar-refractivity contribution in [3.05, 3.63) is 66.4 Å². The summed E-state index contributed by atoms with van der Waals surface area (Å²) < 4.78 is 5.84. The van der Waals surface area contributed by atoms with E-state index in [4.69, 9.17) is 4.74 Å². The Labute approximate surface area is 164 Å². The number of thioether (sulfide) groups is 1. The summed E-state index contributed by atoms with van der Waals surface area (Å²) in [5, 5.41) is 4.53. The number of carbonyl (C=O) groups excluding carboxylic acids is 1. The molecule has 0 saturated carbocycles. The van der Waals surface area contributed by atoms with Gasteiger partial charge in [0.05, 0.1) is 6.61 Å². The summed E-state index contributed by atoms with van der Waals surface area (Å²) in [6.07, 6.45) is 2.50. The van der Waals surface area contributed by atoms with Gasteiger partial charge in [-0.2, -0.15) is 0 Å². The molecule has 0 spiro atoms. The van der Waals surface area contributed by atoms with E-state index in [0.29, 0.717) is 24.0 Å². The minimum absolute atomic E-state index is 0.0528. The minimum atomic E-state index is -0.0528. The van der Waals surface area contributed by atoms with Crippen molar-refractivity contribution in [2.24, 2.45) is 0 Å². The number of para-hydroxylation sites is 1. The van der Waals surface area contributed by atoms with Gasteiger partial charge in [-0.05, 0) is 42.8 Å². The third-order valence-electron chi connectivity index (χ3n) is 3.95. The van der Waals surface area contributed by atoms with Crippen molar-refractivity contribution in [3.8, 4) is 5.75 Å². The fraction of sp³-hybridized carbons (Fsp3) is 0.273. The first-order valence-corrected chi connectivity index (χ1v) is 10.0. The van der Waals surface area contributed by atoms with Crippen LogP contribution >= 0.6 is 11.8 Å².